The third kappa shape index (κ3) is 3.17. The van der Waals surface area contributed by atoms with Crippen LogP contribution >= 0.6 is 0 Å². The van der Waals surface area contributed by atoms with E-state index in [1.165, 1.54) is 18.2 Å². The maximum atomic E-state index is 13.7. The van der Waals surface area contributed by atoms with Gasteiger partial charge in [-0.1, -0.05) is 12.1 Å². The molecule has 0 aromatic heterocycles. The van der Waals surface area contributed by atoms with Crippen LogP contribution in [0.1, 0.15) is 12.8 Å². The fourth-order valence-corrected chi connectivity index (χ4v) is 3.95. The molecule has 1 heterocycles. The predicted octanol–water partition coefficient (Wildman–Crippen LogP) is 0.527. The van der Waals surface area contributed by atoms with Gasteiger partial charge >= 0.3 is 0 Å². The first-order valence-electron chi connectivity index (χ1n) is 6.56. The quantitative estimate of drug-likeness (QED) is 0.850. The minimum absolute atomic E-state index is 0.203. The normalized spacial score (nSPS) is 19.9. The maximum absolute atomic E-state index is 13.7. The number of rotatable bonds is 4. The summed E-state index contributed by atoms with van der Waals surface area (Å²) in [4.78, 5) is 1.79. The molecule has 1 aliphatic heterocycles. The molecule has 1 fully saturated rings. The molecule has 0 amide bonds. The first-order valence-corrected chi connectivity index (χ1v) is 8.04. The zero-order valence-corrected chi connectivity index (χ0v) is 12.3. The number of nitrogens with two attached hydrogens (primary N) is 1. The van der Waals surface area contributed by atoms with Crippen molar-refractivity contribution in [3.8, 4) is 0 Å². The van der Waals surface area contributed by atoms with E-state index in [9.17, 15) is 12.8 Å². The SMILES string of the molecule is CN1CCC(CN)(NS(=O)(=O)c2ccccc2F)CC1. The van der Waals surface area contributed by atoms with Crippen LogP contribution in [0.3, 0.4) is 0 Å². The largest absolute Gasteiger partial charge is 0.329 e. The van der Waals surface area contributed by atoms with Gasteiger partial charge in [-0.2, -0.15) is 0 Å². The molecule has 1 aromatic carbocycles. The Hall–Kier alpha value is -1.02. The van der Waals surface area contributed by atoms with Crippen LogP contribution in [-0.4, -0.2) is 45.5 Å². The molecule has 112 valence electrons. The van der Waals surface area contributed by atoms with E-state index in [0.29, 0.717) is 12.8 Å². The molecular weight excluding hydrogens is 281 g/mol. The Morgan fingerprint density at radius 2 is 1.95 bits per heavy atom. The monoisotopic (exact) mass is 301 g/mol. The van der Waals surface area contributed by atoms with Crippen LogP contribution in [0.5, 0.6) is 0 Å². The van der Waals surface area contributed by atoms with E-state index in [1.807, 2.05) is 7.05 Å². The van der Waals surface area contributed by atoms with E-state index in [1.54, 1.807) is 0 Å². The lowest BCUT2D eigenvalue weighted by molar-refractivity contribution is 0.182. The molecule has 0 spiro atoms. The summed E-state index contributed by atoms with van der Waals surface area (Å²) in [6.07, 6.45) is 1.24. The first-order chi connectivity index (χ1) is 9.38. The lowest BCUT2D eigenvalue weighted by Gasteiger charge is -2.40. The van der Waals surface area contributed by atoms with Crippen LogP contribution in [-0.2, 0) is 10.0 Å². The highest BCUT2D eigenvalue weighted by Crippen LogP contribution is 2.24. The van der Waals surface area contributed by atoms with Crippen LogP contribution in [0.25, 0.3) is 0 Å². The van der Waals surface area contributed by atoms with Crippen molar-refractivity contribution in [2.75, 3.05) is 26.7 Å². The average molecular weight is 301 g/mol. The lowest BCUT2D eigenvalue weighted by Crippen LogP contribution is -2.58. The van der Waals surface area contributed by atoms with Crippen molar-refractivity contribution in [2.24, 2.45) is 5.73 Å². The highest BCUT2D eigenvalue weighted by atomic mass is 32.2. The Morgan fingerprint density at radius 3 is 2.50 bits per heavy atom. The number of likely N-dealkylation sites (tertiary alicyclic amines) is 1. The van der Waals surface area contributed by atoms with Gasteiger partial charge in [0.25, 0.3) is 0 Å². The first kappa shape index (κ1) is 15.4. The molecule has 1 aliphatic rings. The molecule has 3 N–H and O–H groups in total. The predicted molar refractivity (Wildman–Crippen MR) is 75.2 cm³/mol. The van der Waals surface area contributed by atoms with Crippen molar-refractivity contribution >= 4 is 10.0 Å². The average Bonchev–Trinajstić information content (AvgIpc) is 2.42. The molecular formula is C13H20FN3O2S. The van der Waals surface area contributed by atoms with Crippen LogP contribution in [0.2, 0.25) is 0 Å². The molecule has 20 heavy (non-hydrogen) atoms. The fourth-order valence-electron chi connectivity index (χ4n) is 2.40. The lowest BCUT2D eigenvalue weighted by atomic mass is 9.89. The summed E-state index contributed by atoms with van der Waals surface area (Å²) in [5, 5.41) is 0. The van der Waals surface area contributed by atoms with Crippen molar-refractivity contribution in [1.29, 1.82) is 0 Å². The van der Waals surface area contributed by atoms with Crippen LogP contribution in [0.4, 0.5) is 4.39 Å². The van der Waals surface area contributed by atoms with E-state index in [2.05, 4.69) is 9.62 Å². The number of nitrogens with zero attached hydrogens (tertiary/aromatic N) is 1. The van der Waals surface area contributed by atoms with Crippen molar-refractivity contribution < 1.29 is 12.8 Å². The molecule has 1 aromatic rings. The van der Waals surface area contributed by atoms with Gasteiger partial charge in [0.2, 0.25) is 10.0 Å². The molecule has 0 unspecified atom stereocenters. The van der Waals surface area contributed by atoms with Gasteiger partial charge in [0, 0.05) is 12.1 Å². The second-order valence-electron chi connectivity index (χ2n) is 5.32. The number of hydrogen-bond donors (Lipinski definition) is 2. The van der Waals surface area contributed by atoms with E-state index in [-0.39, 0.29) is 11.4 Å². The van der Waals surface area contributed by atoms with Gasteiger partial charge in [0.05, 0.1) is 0 Å². The zero-order chi connectivity index (χ0) is 14.8. The minimum Gasteiger partial charge on any atom is -0.329 e. The number of piperidine rings is 1. The van der Waals surface area contributed by atoms with E-state index in [4.69, 9.17) is 5.73 Å². The van der Waals surface area contributed by atoms with Gasteiger partial charge in [0.15, 0.2) is 0 Å². The second-order valence-corrected chi connectivity index (χ2v) is 6.97. The Balaban J connectivity index is 2.25. The van der Waals surface area contributed by atoms with Gasteiger partial charge in [0.1, 0.15) is 10.7 Å². The van der Waals surface area contributed by atoms with Gasteiger partial charge in [-0.05, 0) is 45.1 Å². The van der Waals surface area contributed by atoms with Crippen LogP contribution in [0.15, 0.2) is 29.2 Å². The third-order valence-electron chi connectivity index (χ3n) is 3.81. The third-order valence-corrected chi connectivity index (χ3v) is 5.42. The Bertz CT molecular complexity index is 569. The summed E-state index contributed by atoms with van der Waals surface area (Å²) in [7, 11) is -1.92. The van der Waals surface area contributed by atoms with Crippen molar-refractivity contribution in [3.05, 3.63) is 30.1 Å². The number of benzene rings is 1. The number of hydrogen-bond acceptors (Lipinski definition) is 4. The second kappa shape index (κ2) is 5.77. The van der Waals surface area contributed by atoms with Crippen molar-refractivity contribution in [2.45, 2.75) is 23.3 Å². The fraction of sp³-hybridized carbons (Fsp3) is 0.538. The van der Waals surface area contributed by atoms with Crippen molar-refractivity contribution in [3.63, 3.8) is 0 Å². The van der Waals surface area contributed by atoms with Gasteiger partial charge < -0.3 is 10.6 Å². The van der Waals surface area contributed by atoms with Crippen molar-refractivity contribution in [1.82, 2.24) is 9.62 Å². The molecule has 5 nitrogen and oxygen atoms in total. The van der Waals surface area contributed by atoms with E-state index in [0.717, 1.165) is 19.2 Å². The Kier molecular flexibility index (Phi) is 4.43. The van der Waals surface area contributed by atoms with E-state index >= 15 is 0 Å². The molecule has 7 heteroatoms. The van der Waals surface area contributed by atoms with Gasteiger partial charge in [-0.25, -0.2) is 17.5 Å². The standard InChI is InChI=1S/C13H20FN3O2S/c1-17-8-6-13(10-15,7-9-17)16-20(18,19)12-5-3-2-4-11(12)14/h2-5,16H,6-10,15H2,1H3. The van der Waals surface area contributed by atoms with E-state index < -0.39 is 21.4 Å². The molecule has 0 saturated carbocycles. The molecule has 0 aliphatic carbocycles. The summed E-state index contributed by atoms with van der Waals surface area (Å²) in [5.41, 5.74) is 5.08. The summed E-state index contributed by atoms with van der Waals surface area (Å²) in [5.74, 6) is -0.750. The number of sulfonamides is 1. The minimum atomic E-state index is -3.90. The number of halogens is 1. The van der Waals surface area contributed by atoms with Gasteiger partial charge in [-0.3, -0.25) is 0 Å². The summed E-state index contributed by atoms with van der Waals surface area (Å²) in [6, 6.07) is 5.36. The van der Waals surface area contributed by atoms with Crippen LogP contribution in [0, 0.1) is 5.82 Å². The molecule has 2 rings (SSSR count). The number of nitrogens with one attached hydrogen (secondary N) is 1. The Morgan fingerprint density at radius 1 is 1.35 bits per heavy atom. The summed E-state index contributed by atoms with van der Waals surface area (Å²) in [6.45, 7) is 1.72. The smallest absolute Gasteiger partial charge is 0.244 e. The Labute approximate surface area is 119 Å². The topological polar surface area (TPSA) is 75.4 Å². The van der Waals surface area contributed by atoms with Crippen LogP contribution < -0.4 is 10.5 Å². The molecule has 0 atom stereocenters. The van der Waals surface area contributed by atoms with Gasteiger partial charge in [-0.15, -0.1) is 0 Å². The molecule has 0 bridgehead atoms. The highest BCUT2D eigenvalue weighted by molar-refractivity contribution is 7.89. The maximum Gasteiger partial charge on any atom is 0.244 e. The summed E-state index contributed by atoms with van der Waals surface area (Å²) >= 11 is 0. The molecule has 0 radical (unpaired) electrons. The summed E-state index contributed by atoms with van der Waals surface area (Å²) < 4.78 is 41.0. The zero-order valence-electron chi connectivity index (χ0n) is 11.5. The highest BCUT2D eigenvalue weighted by Gasteiger charge is 2.37. The molecule has 1 saturated heterocycles.